The first-order valence-corrected chi connectivity index (χ1v) is 6.88. The number of hydrogen-bond donors (Lipinski definition) is 1. The minimum atomic E-state index is 0.171. The summed E-state index contributed by atoms with van der Waals surface area (Å²) < 4.78 is 0. The SMILES string of the molecule is CN(C)CCC(=O)N1CCNCC1c1ccccc1. The molecule has 1 heterocycles. The molecule has 2 rings (SSSR count). The summed E-state index contributed by atoms with van der Waals surface area (Å²) in [5.41, 5.74) is 1.22. The molecule has 0 bridgehead atoms. The third kappa shape index (κ3) is 3.78. The van der Waals surface area contributed by atoms with Crippen molar-refractivity contribution in [2.75, 3.05) is 40.3 Å². The summed E-state index contributed by atoms with van der Waals surface area (Å²) in [6.45, 7) is 3.34. The molecule has 0 spiro atoms. The van der Waals surface area contributed by atoms with Crippen LogP contribution in [-0.2, 0) is 4.79 Å². The Morgan fingerprint density at radius 1 is 1.37 bits per heavy atom. The molecule has 0 radical (unpaired) electrons. The van der Waals surface area contributed by atoms with E-state index in [4.69, 9.17) is 0 Å². The van der Waals surface area contributed by atoms with Gasteiger partial charge in [0.05, 0.1) is 6.04 Å². The summed E-state index contributed by atoms with van der Waals surface area (Å²) in [5, 5.41) is 3.38. The predicted molar refractivity (Wildman–Crippen MR) is 76.9 cm³/mol. The lowest BCUT2D eigenvalue weighted by Gasteiger charge is -2.37. The van der Waals surface area contributed by atoms with Crippen LogP contribution in [0.5, 0.6) is 0 Å². The highest BCUT2D eigenvalue weighted by molar-refractivity contribution is 5.77. The van der Waals surface area contributed by atoms with E-state index < -0.39 is 0 Å². The second-order valence-electron chi connectivity index (χ2n) is 5.27. The van der Waals surface area contributed by atoms with Gasteiger partial charge in [-0.1, -0.05) is 30.3 Å². The molecule has 19 heavy (non-hydrogen) atoms. The molecular formula is C15H23N3O. The number of nitrogens with one attached hydrogen (secondary N) is 1. The predicted octanol–water partition coefficient (Wildman–Crippen LogP) is 1.11. The first kappa shape index (κ1) is 14.0. The maximum atomic E-state index is 12.4. The number of rotatable bonds is 4. The third-order valence-electron chi connectivity index (χ3n) is 3.52. The molecule has 0 saturated carbocycles. The van der Waals surface area contributed by atoms with Crippen molar-refractivity contribution >= 4 is 5.91 Å². The molecule has 4 heteroatoms. The number of hydrogen-bond acceptors (Lipinski definition) is 3. The van der Waals surface area contributed by atoms with Crippen molar-refractivity contribution in [2.24, 2.45) is 0 Å². The second-order valence-corrected chi connectivity index (χ2v) is 5.27. The van der Waals surface area contributed by atoms with Crippen molar-refractivity contribution in [3.63, 3.8) is 0 Å². The topological polar surface area (TPSA) is 35.6 Å². The third-order valence-corrected chi connectivity index (χ3v) is 3.52. The molecule has 1 amide bonds. The van der Waals surface area contributed by atoms with E-state index >= 15 is 0 Å². The van der Waals surface area contributed by atoms with E-state index in [0.717, 1.165) is 26.2 Å². The first-order chi connectivity index (χ1) is 9.18. The number of carbonyl (C=O) groups excluding carboxylic acids is 1. The lowest BCUT2D eigenvalue weighted by Crippen LogP contribution is -2.49. The van der Waals surface area contributed by atoms with Gasteiger partial charge >= 0.3 is 0 Å². The Balaban J connectivity index is 2.06. The van der Waals surface area contributed by atoms with E-state index in [9.17, 15) is 4.79 Å². The van der Waals surface area contributed by atoms with Crippen LogP contribution in [0.1, 0.15) is 18.0 Å². The Labute approximate surface area is 115 Å². The fourth-order valence-electron chi connectivity index (χ4n) is 2.44. The molecular weight excluding hydrogens is 238 g/mol. The van der Waals surface area contributed by atoms with Crippen LogP contribution < -0.4 is 5.32 Å². The Hall–Kier alpha value is -1.39. The summed E-state index contributed by atoms with van der Waals surface area (Å²) in [6.07, 6.45) is 0.594. The minimum absolute atomic E-state index is 0.171. The zero-order valence-electron chi connectivity index (χ0n) is 11.8. The van der Waals surface area contributed by atoms with Crippen LogP contribution in [0, 0.1) is 0 Å². The molecule has 0 aliphatic carbocycles. The van der Waals surface area contributed by atoms with Gasteiger partial charge in [-0.3, -0.25) is 4.79 Å². The summed E-state index contributed by atoms with van der Waals surface area (Å²) in [4.78, 5) is 16.4. The van der Waals surface area contributed by atoms with Crippen LogP contribution in [0.2, 0.25) is 0 Å². The van der Waals surface area contributed by atoms with Crippen molar-refractivity contribution in [3.05, 3.63) is 35.9 Å². The molecule has 1 fully saturated rings. The largest absolute Gasteiger partial charge is 0.333 e. The lowest BCUT2D eigenvalue weighted by atomic mass is 10.0. The van der Waals surface area contributed by atoms with Gasteiger partial charge in [-0.25, -0.2) is 0 Å². The van der Waals surface area contributed by atoms with Crippen molar-refractivity contribution < 1.29 is 4.79 Å². The van der Waals surface area contributed by atoms with Gasteiger partial charge in [0.15, 0.2) is 0 Å². The highest BCUT2D eigenvalue weighted by atomic mass is 16.2. The minimum Gasteiger partial charge on any atom is -0.333 e. The van der Waals surface area contributed by atoms with Crippen LogP contribution in [0.4, 0.5) is 0 Å². The molecule has 1 atom stereocenters. The maximum Gasteiger partial charge on any atom is 0.224 e. The molecule has 4 nitrogen and oxygen atoms in total. The number of benzene rings is 1. The fraction of sp³-hybridized carbons (Fsp3) is 0.533. The van der Waals surface area contributed by atoms with E-state index in [0.29, 0.717) is 6.42 Å². The van der Waals surface area contributed by atoms with Crippen LogP contribution in [0.3, 0.4) is 0 Å². The van der Waals surface area contributed by atoms with E-state index in [-0.39, 0.29) is 11.9 Å². The van der Waals surface area contributed by atoms with E-state index in [1.54, 1.807) is 0 Å². The second kappa shape index (κ2) is 6.68. The van der Waals surface area contributed by atoms with Gasteiger partial charge in [0, 0.05) is 32.6 Å². The Morgan fingerprint density at radius 3 is 2.79 bits per heavy atom. The fourth-order valence-corrected chi connectivity index (χ4v) is 2.44. The normalized spacial score (nSPS) is 19.7. The van der Waals surface area contributed by atoms with Crippen LogP contribution in [0.25, 0.3) is 0 Å². The summed E-state index contributed by atoms with van der Waals surface area (Å²) in [7, 11) is 4.00. The smallest absolute Gasteiger partial charge is 0.224 e. The average Bonchev–Trinajstić information content (AvgIpc) is 2.45. The van der Waals surface area contributed by atoms with Gasteiger partial charge < -0.3 is 15.1 Å². The van der Waals surface area contributed by atoms with Gasteiger partial charge in [-0.15, -0.1) is 0 Å². The molecule has 1 aromatic carbocycles. The zero-order valence-corrected chi connectivity index (χ0v) is 11.8. The van der Waals surface area contributed by atoms with Crippen molar-refractivity contribution in [2.45, 2.75) is 12.5 Å². The zero-order chi connectivity index (χ0) is 13.7. The standard InChI is InChI=1S/C15H23N3O/c1-17(2)10-8-15(19)18-11-9-16-12-14(18)13-6-4-3-5-7-13/h3-7,14,16H,8-12H2,1-2H3. The molecule has 1 aliphatic heterocycles. The van der Waals surface area contributed by atoms with Gasteiger partial charge in [0.1, 0.15) is 0 Å². The summed E-state index contributed by atoms with van der Waals surface area (Å²) in [6, 6.07) is 10.5. The van der Waals surface area contributed by atoms with Crippen LogP contribution in [-0.4, -0.2) is 56.0 Å². The van der Waals surface area contributed by atoms with Gasteiger partial charge in [-0.05, 0) is 19.7 Å². The first-order valence-electron chi connectivity index (χ1n) is 6.88. The number of piperazine rings is 1. The number of nitrogens with zero attached hydrogens (tertiary/aromatic N) is 2. The molecule has 0 aromatic heterocycles. The van der Waals surface area contributed by atoms with Crippen molar-refractivity contribution in [3.8, 4) is 0 Å². The van der Waals surface area contributed by atoms with Crippen molar-refractivity contribution in [1.82, 2.24) is 15.1 Å². The van der Waals surface area contributed by atoms with Gasteiger partial charge in [0.25, 0.3) is 0 Å². The van der Waals surface area contributed by atoms with E-state index in [1.165, 1.54) is 5.56 Å². The molecule has 1 aromatic rings. The van der Waals surface area contributed by atoms with Gasteiger partial charge in [0.2, 0.25) is 5.91 Å². The number of amides is 1. The molecule has 1 aliphatic rings. The maximum absolute atomic E-state index is 12.4. The quantitative estimate of drug-likeness (QED) is 0.882. The highest BCUT2D eigenvalue weighted by Gasteiger charge is 2.27. The summed E-state index contributed by atoms with van der Waals surface area (Å²) >= 11 is 0. The highest BCUT2D eigenvalue weighted by Crippen LogP contribution is 2.22. The van der Waals surface area contributed by atoms with Crippen molar-refractivity contribution in [1.29, 1.82) is 0 Å². The molecule has 1 saturated heterocycles. The summed E-state index contributed by atoms with van der Waals surface area (Å²) in [5.74, 6) is 0.254. The average molecular weight is 261 g/mol. The molecule has 1 unspecified atom stereocenters. The molecule has 1 N–H and O–H groups in total. The van der Waals surface area contributed by atoms with Crippen LogP contribution >= 0.6 is 0 Å². The lowest BCUT2D eigenvalue weighted by molar-refractivity contribution is -0.134. The Bertz CT molecular complexity index is 405. The monoisotopic (exact) mass is 261 g/mol. The number of carbonyl (C=O) groups is 1. The van der Waals surface area contributed by atoms with Gasteiger partial charge in [-0.2, -0.15) is 0 Å². The van der Waals surface area contributed by atoms with Crippen LogP contribution in [0.15, 0.2) is 30.3 Å². The Morgan fingerprint density at radius 2 is 2.11 bits per heavy atom. The Kier molecular flexibility index (Phi) is 4.93. The van der Waals surface area contributed by atoms with E-state index in [1.807, 2.05) is 37.2 Å². The van der Waals surface area contributed by atoms with E-state index in [2.05, 4.69) is 22.3 Å². The molecule has 104 valence electrons.